The Morgan fingerprint density at radius 2 is 2.12 bits per heavy atom. The van der Waals surface area contributed by atoms with Crippen molar-refractivity contribution in [1.29, 1.82) is 0 Å². The van der Waals surface area contributed by atoms with Crippen molar-refractivity contribution >= 4 is 27.6 Å². The van der Waals surface area contributed by atoms with E-state index in [0.29, 0.717) is 0 Å². The number of carbonyl (C=O) groups is 1. The first-order valence-corrected chi connectivity index (χ1v) is 6.07. The Kier molecular flexibility index (Phi) is 3.66. The lowest BCUT2D eigenvalue weighted by molar-refractivity contribution is 0.219. The minimum atomic E-state index is 0.0395. The van der Waals surface area contributed by atoms with Gasteiger partial charge in [-0.1, -0.05) is 15.9 Å². The molecule has 4 nitrogen and oxygen atoms in total. The van der Waals surface area contributed by atoms with Crippen LogP contribution in [0.1, 0.15) is 0 Å². The molecule has 16 heavy (non-hydrogen) atoms. The van der Waals surface area contributed by atoms with Crippen molar-refractivity contribution in [3.05, 3.63) is 28.7 Å². The van der Waals surface area contributed by atoms with Crippen LogP contribution in [0.3, 0.4) is 0 Å². The third-order valence-corrected chi connectivity index (χ3v) is 3.03. The summed E-state index contributed by atoms with van der Waals surface area (Å²) in [5, 5.41) is 6.06. The number of hydrogen-bond donors (Lipinski definition) is 2. The van der Waals surface area contributed by atoms with E-state index < -0.39 is 0 Å². The molecule has 1 aliphatic heterocycles. The zero-order valence-corrected chi connectivity index (χ0v) is 10.5. The molecular formula is C11H14BrN3O. The Morgan fingerprint density at radius 1 is 1.38 bits per heavy atom. The molecule has 0 spiro atoms. The largest absolute Gasteiger partial charge is 0.383 e. The summed E-state index contributed by atoms with van der Waals surface area (Å²) in [6.07, 6.45) is 0. The SMILES string of the molecule is O=C1NCCN1CCNc1ccc(Br)cc1. The van der Waals surface area contributed by atoms with Crippen molar-refractivity contribution in [3.63, 3.8) is 0 Å². The summed E-state index contributed by atoms with van der Waals surface area (Å²) in [5.41, 5.74) is 1.07. The van der Waals surface area contributed by atoms with Crippen LogP contribution in [0.5, 0.6) is 0 Å². The highest BCUT2D eigenvalue weighted by Crippen LogP contribution is 2.13. The van der Waals surface area contributed by atoms with Crippen LogP contribution < -0.4 is 10.6 Å². The van der Waals surface area contributed by atoms with Gasteiger partial charge in [0, 0.05) is 36.3 Å². The smallest absolute Gasteiger partial charge is 0.317 e. The molecule has 1 aromatic rings. The van der Waals surface area contributed by atoms with Gasteiger partial charge in [-0.2, -0.15) is 0 Å². The number of carbonyl (C=O) groups excluding carboxylic acids is 1. The highest BCUT2D eigenvalue weighted by molar-refractivity contribution is 9.10. The topological polar surface area (TPSA) is 44.4 Å². The lowest BCUT2D eigenvalue weighted by Crippen LogP contribution is -2.32. The summed E-state index contributed by atoms with van der Waals surface area (Å²) in [4.78, 5) is 13.1. The van der Waals surface area contributed by atoms with Gasteiger partial charge in [-0.25, -0.2) is 4.79 Å². The average molecular weight is 284 g/mol. The van der Waals surface area contributed by atoms with Gasteiger partial charge in [-0.3, -0.25) is 0 Å². The van der Waals surface area contributed by atoms with Crippen molar-refractivity contribution in [2.75, 3.05) is 31.5 Å². The fourth-order valence-electron chi connectivity index (χ4n) is 1.63. The molecule has 2 amide bonds. The number of amides is 2. The first kappa shape index (κ1) is 11.3. The Balaban J connectivity index is 1.75. The number of nitrogens with zero attached hydrogens (tertiary/aromatic N) is 1. The first-order valence-electron chi connectivity index (χ1n) is 5.28. The maximum atomic E-state index is 11.2. The summed E-state index contributed by atoms with van der Waals surface area (Å²) in [6.45, 7) is 3.08. The van der Waals surface area contributed by atoms with Gasteiger partial charge in [0.25, 0.3) is 0 Å². The van der Waals surface area contributed by atoms with Gasteiger partial charge in [0.15, 0.2) is 0 Å². The van der Waals surface area contributed by atoms with Crippen LogP contribution in [0, 0.1) is 0 Å². The molecule has 1 heterocycles. The van der Waals surface area contributed by atoms with Crippen LogP contribution in [0.15, 0.2) is 28.7 Å². The summed E-state index contributed by atoms with van der Waals surface area (Å²) >= 11 is 3.39. The van der Waals surface area contributed by atoms with E-state index in [2.05, 4.69) is 26.6 Å². The molecule has 5 heteroatoms. The van der Waals surface area contributed by atoms with Crippen LogP contribution in [0.2, 0.25) is 0 Å². The molecule has 1 saturated heterocycles. The summed E-state index contributed by atoms with van der Waals surface area (Å²) in [5.74, 6) is 0. The normalized spacial score (nSPS) is 15.1. The molecule has 86 valence electrons. The maximum absolute atomic E-state index is 11.2. The second-order valence-electron chi connectivity index (χ2n) is 3.65. The van der Waals surface area contributed by atoms with E-state index in [1.54, 1.807) is 0 Å². The minimum absolute atomic E-state index is 0.0395. The van der Waals surface area contributed by atoms with Crippen molar-refractivity contribution in [3.8, 4) is 0 Å². The Hall–Kier alpha value is -1.23. The van der Waals surface area contributed by atoms with Crippen molar-refractivity contribution in [2.24, 2.45) is 0 Å². The van der Waals surface area contributed by atoms with Crippen LogP contribution >= 0.6 is 15.9 Å². The van der Waals surface area contributed by atoms with Crippen LogP contribution in [-0.2, 0) is 0 Å². The number of rotatable bonds is 4. The molecule has 0 radical (unpaired) electrons. The molecule has 0 unspecified atom stereocenters. The van der Waals surface area contributed by atoms with Crippen LogP contribution in [0.25, 0.3) is 0 Å². The summed E-state index contributed by atoms with van der Waals surface area (Å²) in [7, 11) is 0. The molecule has 1 aliphatic rings. The summed E-state index contributed by atoms with van der Waals surface area (Å²) < 4.78 is 1.07. The van der Waals surface area contributed by atoms with Crippen LogP contribution in [0.4, 0.5) is 10.5 Å². The second kappa shape index (κ2) is 5.21. The molecule has 0 atom stereocenters. The molecule has 0 bridgehead atoms. The molecule has 0 aromatic heterocycles. The fraction of sp³-hybridized carbons (Fsp3) is 0.364. The van der Waals surface area contributed by atoms with E-state index >= 15 is 0 Å². The van der Waals surface area contributed by atoms with Crippen molar-refractivity contribution in [1.82, 2.24) is 10.2 Å². The van der Waals surface area contributed by atoms with Gasteiger partial charge in [-0.15, -0.1) is 0 Å². The molecular weight excluding hydrogens is 270 g/mol. The lowest BCUT2D eigenvalue weighted by atomic mass is 10.3. The van der Waals surface area contributed by atoms with Crippen molar-refractivity contribution < 1.29 is 4.79 Å². The molecule has 2 rings (SSSR count). The number of anilines is 1. The predicted molar refractivity (Wildman–Crippen MR) is 67.6 cm³/mol. The molecule has 0 saturated carbocycles. The number of benzene rings is 1. The highest BCUT2D eigenvalue weighted by Gasteiger charge is 2.17. The van der Waals surface area contributed by atoms with Gasteiger partial charge in [0.05, 0.1) is 0 Å². The van der Waals surface area contributed by atoms with E-state index in [1.807, 2.05) is 29.2 Å². The molecule has 2 N–H and O–H groups in total. The Morgan fingerprint density at radius 3 is 2.75 bits per heavy atom. The van der Waals surface area contributed by atoms with E-state index in [-0.39, 0.29) is 6.03 Å². The lowest BCUT2D eigenvalue weighted by Gasteiger charge is -2.14. The highest BCUT2D eigenvalue weighted by atomic mass is 79.9. The molecule has 0 aliphatic carbocycles. The molecule has 1 aromatic carbocycles. The monoisotopic (exact) mass is 283 g/mol. The third kappa shape index (κ3) is 2.88. The van der Waals surface area contributed by atoms with Gasteiger partial charge >= 0.3 is 6.03 Å². The standard InChI is InChI=1S/C11H14BrN3O/c12-9-1-3-10(4-2-9)13-5-7-15-8-6-14-11(15)16/h1-4,13H,5-8H2,(H,14,16). The van der Waals surface area contributed by atoms with E-state index in [1.165, 1.54) is 0 Å². The number of nitrogens with one attached hydrogen (secondary N) is 2. The minimum Gasteiger partial charge on any atom is -0.383 e. The summed E-state index contributed by atoms with van der Waals surface area (Å²) in [6, 6.07) is 8.04. The molecule has 1 fully saturated rings. The predicted octanol–water partition coefficient (Wildman–Crippen LogP) is 1.89. The second-order valence-corrected chi connectivity index (χ2v) is 4.57. The van der Waals surface area contributed by atoms with E-state index in [0.717, 1.165) is 36.3 Å². The maximum Gasteiger partial charge on any atom is 0.317 e. The fourth-order valence-corrected chi connectivity index (χ4v) is 1.89. The quantitative estimate of drug-likeness (QED) is 0.886. The third-order valence-electron chi connectivity index (χ3n) is 2.50. The number of urea groups is 1. The number of hydrogen-bond acceptors (Lipinski definition) is 2. The van der Waals surface area contributed by atoms with Gasteiger partial charge in [0.1, 0.15) is 0 Å². The Labute approximate surface area is 103 Å². The van der Waals surface area contributed by atoms with Gasteiger partial charge < -0.3 is 15.5 Å². The van der Waals surface area contributed by atoms with Gasteiger partial charge in [0.2, 0.25) is 0 Å². The number of halogens is 1. The van der Waals surface area contributed by atoms with Crippen molar-refractivity contribution in [2.45, 2.75) is 0 Å². The zero-order chi connectivity index (χ0) is 11.4. The van der Waals surface area contributed by atoms with E-state index in [9.17, 15) is 4.79 Å². The van der Waals surface area contributed by atoms with E-state index in [4.69, 9.17) is 0 Å². The zero-order valence-electron chi connectivity index (χ0n) is 8.87. The Bertz CT molecular complexity index is 366. The van der Waals surface area contributed by atoms with Gasteiger partial charge in [-0.05, 0) is 24.3 Å². The average Bonchev–Trinajstić information content (AvgIpc) is 2.68. The van der Waals surface area contributed by atoms with Crippen LogP contribution in [-0.4, -0.2) is 37.1 Å². The first-order chi connectivity index (χ1) is 7.75.